The molecule has 0 aliphatic carbocycles. The quantitative estimate of drug-likeness (QED) is 0.109. The molecule has 0 aliphatic heterocycles. The van der Waals surface area contributed by atoms with Crippen LogP contribution < -0.4 is 0 Å². The van der Waals surface area contributed by atoms with Gasteiger partial charge in [0.2, 0.25) is 9.04 Å². The molecule has 0 saturated heterocycles. The molecule has 1 heterocycles. The van der Waals surface area contributed by atoms with Crippen LogP contribution in [-0.2, 0) is 31.3 Å². The number of aromatic nitrogens is 1. The average Bonchev–Trinajstić information content (AvgIpc) is 2.92. The fourth-order valence-corrected chi connectivity index (χ4v) is 7.62. The molecule has 5 nitrogen and oxygen atoms in total. The smallest absolute Gasteiger partial charge is 0.337 e. The van der Waals surface area contributed by atoms with Gasteiger partial charge < -0.3 is 9.16 Å². The zero-order valence-electron chi connectivity index (χ0n) is 25.3. The molecule has 1 radical (unpaired) electrons. The number of ether oxygens (including phenoxy) is 1. The minimum absolute atomic E-state index is 0.101. The second kappa shape index (κ2) is 14.5. The highest BCUT2D eigenvalue weighted by Gasteiger charge is 2.44. The lowest BCUT2D eigenvalue weighted by molar-refractivity contribution is -0.0505. The Morgan fingerprint density at radius 3 is 2.33 bits per heavy atom. The summed E-state index contributed by atoms with van der Waals surface area (Å²) >= 11 is 0. The van der Waals surface area contributed by atoms with Crippen molar-refractivity contribution >= 4 is 36.7 Å². The van der Waals surface area contributed by atoms with Gasteiger partial charge in [0.15, 0.2) is 0 Å². The highest BCUT2D eigenvalue weighted by atomic mass is 32.2. The lowest BCUT2D eigenvalue weighted by atomic mass is 9.69. The van der Waals surface area contributed by atoms with Gasteiger partial charge in [0.05, 0.1) is 46.0 Å². The van der Waals surface area contributed by atoms with Crippen molar-refractivity contribution in [2.24, 2.45) is 5.41 Å². The van der Waals surface area contributed by atoms with E-state index < -0.39 is 31.4 Å². The molecule has 7 heteroatoms. The van der Waals surface area contributed by atoms with E-state index in [1.165, 1.54) is 44.8 Å². The van der Waals surface area contributed by atoms with Crippen molar-refractivity contribution in [1.29, 1.82) is 0 Å². The fourth-order valence-electron chi connectivity index (χ4n) is 5.31. The van der Waals surface area contributed by atoms with Gasteiger partial charge in [-0.05, 0) is 60.8 Å². The SMILES string of the molecule is CCCCCCCCC(O[Si](C)C)(c1ccc2ccc(CS(=O)c3cccc(C(=O)OC)c3)nc2c1)C(C)(C)C. The number of carbonyl (C=O) groups is 1. The molecular weight excluding hydrogens is 535 g/mol. The predicted molar refractivity (Wildman–Crippen MR) is 167 cm³/mol. The van der Waals surface area contributed by atoms with E-state index in [4.69, 9.17) is 14.1 Å². The summed E-state index contributed by atoms with van der Waals surface area (Å²) in [5, 5.41) is 1.05. The summed E-state index contributed by atoms with van der Waals surface area (Å²) < 4.78 is 25.0. The molecule has 217 valence electrons. The molecule has 0 aliphatic rings. The first kappa shape index (κ1) is 32.2. The van der Waals surface area contributed by atoms with Crippen molar-refractivity contribution in [3.05, 3.63) is 71.4 Å². The Labute approximate surface area is 245 Å². The Morgan fingerprint density at radius 1 is 0.950 bits per heavy atom. The average molecular weight is 581 g/mol. The van der Waals surface area contributed by atoms with Crippen LogP contribution in [0, 0.1) is 5.41 Å². The van der Waals surface area contributed by atoms with Crippen molar-refractivity contribution in [3.63, 3.8) is 0 Å². The molecule has 3 aromatic rings. The van der Waals surface area contributed by atoms with Gasteiger partial charge >= 0.3 is 5.97 Å². The van der Waals surface area contributed by atoms with Crippen LogP contribution in [0.3, 0.4) is 0 Å². The summed E-state index contributed by atoms with van der Waals surface area (Å²) in [4.78, 5) is 17.5. The highest BCUT2D eigenvalue weighted by molar-refractivity contribution is 7.84. The Bertz CT molecular complexity index is 1300. The number of hydrogen-bond acceptors (Lipinski definition) is 5. The normalized spacial score (nSPS) is 14.3. The minimum atomic E-state index is -1.35. The van der Waals surface area contributed by atoms with Crippen LogP contribution in [-0.4, -0.2) is 31.3 Å². The molecule has 2 unspecified atom stereocenters. The standard InChI is InChI=1S/C33H46NO4SSi/c1-8-9-10-11-12-13-21-33(32(2,3)4,38-40(6)7)27-19-17-25-18-20-28(34-30(25)23-27)24-39(36)29-16-14-15-26(22-29)31(35)37-5/h14-20,22-23H,8-13,21,24H2,1-7H3. The molecule has 0 amide bonds. The van der Waals surface area contributed by atoms with Gasteiger partial charge in [-0.2, -0.15) is 0 Å². The van der Waals surface area contributed by atoms with Crippen molar-refractivity contribution in [1.82, 2.24) is 4.98 Å². The highest BCUT2D eigenvalue weighted by Crippen LogP contribution is 2.47. The van der Waals surface area contributed by atoms with Crippen LogP contribution in [0.4, 0.5) is 0 Å². The molecular formula is C33H46NO4SSi. The van der Waals surface area contributed by atoms with E-state index in [9.17, 15) is 9.00 Å². The maximum absolute atomic E-state index is 13.2. The van der Waals surface area contributed by atoms with E-state index in [0.717, 1.165) is 29.4 Å². The zero-order valence-corrected chi connectivity index (χ0v) is 27.2. The summed E-state index contributed by atoms with van der Waals surface area (Å²) in [7, 11) is -0.990. The Hall–Kier alpha value is -2.35. The van der Waals surface area contributed by atoms with E-state index in [0.29, 0.717) is 10.5 Å². The van der Waals surface area contributed by atoms with Crippen LogP contribution in [0.15, 0.2) is 59.5 Å². The summed E-state index contributed by atoms with van der Waals surface area (Å²) in [5.74, 6) is -0.176. The molecule has 0 bridgehead atoms. The number of nitrogens with zero attached hydrogens (tertiary/aromatic N) is 1. The molecule has 0 fully saturated rings. The number of fused-ring (bicyclic) bond motifs is 1. The molecule has 2 atom stereocenters. The summed E-state index contributed by atoms with van der Waals surface area (Å²) in [5.41, 5.74) is 2.69. The van der Waals surface area contributed by atoms with Crippen molar-refractivity contribution in [2.75, 3.05) is 7.11 Å². The number of unbranched alkanes of at least 4 members (excludes halogenated alkanes) is 5. The van der Waals surface area contributed by atoms with E-state index in [1.54, 1.807) is 24.3 Å². The first-order valence-corrected chi connectivity index (χ1v) is 18.2. The Kier molecular flexibility index (Phi) is 11.7. The molecule has 2 aromatic carbocycles. The fraction of sp³-hybridized carbons (Fsp3) is 0.515. The van der Waals surface area contributed by atoms with Gasteiger partial charge in [0.1, 0.15) is 0 Å². The van der Waals surface area contributed by atoms with Gasteiger partial charge in [-0.3, -0.25) is 9.19 Å². The number of methoxy groups -OCH3 is 1. The Balaban J connectivity index is 1.92. The van der Waals surface area contributed by atoms with E-state index >= 15 is 0 Å². The first-order valence-electron chi connectivity index (χ1n) is 14.5. The second-order valence-electron chi connectivity index (χ2n) is 11.8. The van der Waals surface area contributed by atoms with Gasteiger partial charge in [0, 0.05) is 10.3 Å². The summed E-state index contributed by atoms with van der Waals surface area (Å²) in [6, 6.07) is 17.3. The van der Waals surface area contributed by atoms with Gasteiger partial charge in [-0.25, -0.2) is 4.79 Å². The third kappa shape index (κ3) is 8.11. The third-order valence-electron chi connectivity index (χ3n) is 7.49. The maximum Gasteiger partial charge on any atom is 0.337 e. The number of esters is 1. The lowest BCUT2D eigenvalue weighted by Gasteiger charge is -2.47. The number of benzene rings is 2. The molecule has 3 rings (SSSR count). The van der Waals surface area contributed by atoms with E-state index in [1.807, 2.05) is 12.1 Å². The summed E-state index contributed by atoms with van der Waals surface area (Å²) in [6.45, 7) is 13.5. The number of pyridine rings is 1. The summed E-state index contributed by atoms with van der Waals surface area (Å²) in [6.07, 6.45) is 8.45. The molecule has 40 heavy (non-hydrogen) atoms. The van der Waals surface area contributed by atoms with Crippen molar-refractivity contribution in [3.8, 4) is 0 Å². The monoisotopic (exact) mass is 580 g/mol. The zero-order chi connectivity index (χ0) is 29.3. The maximum atomic E-state index is 13.2. The van der Waals surface area contributed by atoms with Gasteiger partial charge in [0.25, 0.3) is 0 Å². The third-order valence-corrected chi connectivity index (χ3v) is 9.58. The first-order chi connectivity index (χ1) is 19.0. The van der Waals surface area contributed by atoms with Crippen molar-refractivity contribution in [2.45, 2.75) is 102 Å². The van der Waals surface area contributed by atoms with Crippen LogP contribution in [0.25, 0.3) is 10.9 Å². The second-order valence-corrected chi connectivity index (χ2v) is 15.3. The lowest BCUT2D eigenvalue weighted by Crippen LogP contribution is -2.45. The van der Waals surface area contributed by atoms with Crippen LogP contribution in [0.2, 0.25) is 13.1 Å². The molecule has 0 spiro atoms. The predicted octanol–water partition coefficient (Wildman–Crippen LogP) is 8.59. The van der Waals surface area contributed by atoms with E-state index in [-0.39, 0.29) is 11.2 Å². The van der Waals surface area contributed by atoms with Crippen molar-refractivity contribution < 1.29 is 18.2 Å². The topological polar surface area (TPSA) is 65.5 Å². The van der Waals surface area contributed by atoms with Crippen LogP contribution in [0.1, 0.15) is 94.3 Å². The molecule has 1 aromatic heterocycles. The number of hydrogen-bond donors (Lipinski definition) is 0. The van der Waals surface area contributed by atoms with Crippen LogP contribution in [0.5, 0.6) is 0 Å². The number of carbonyl (C=O) groups excluding carboxylic acids is 1. The number of rotatable bonds is 14. The van der Waals surface area contributed by atoms with E-state index in [2.05, 4.69) is 59.0 Å². The van der Waals surface area contributed by atoms with Crippen LogP contribution >= 0.6 is 0 Å². The molecule has 0 saturated carbocycles. The molecule has 0 N–H and O–H groups in total. The largest absolute Gasteiger partial charge is 0.465 e. The van der Waals surface area contributed by atoms with Gasteiger partial charge in [-0.1, -0.05) is 90.5 Å². The Morgan fingerprint density at radius 2 is 1.65 bits per heavy atom. The minimum Gasteiger partial charge on any atom is -0.465 e. The van der Waals surface area contributed by atoms with Gasteiger partial charge in [-0.15, -0.1) is 0 Å².